The van der Waals surface area contributed by atoms with Crippen LogP contribution in [0.25, 0.3) is 0 Å². The summed E-state index contributed by atoms with van der Waals surface area (Å²) in [6.07, 6.45) is 4.81. The van der Waals surface area contributed by atoms with E-state index in [1.807, 2.05) is 26.0 Å². The molecule has 1 aromatic heterocycles. The van der Waals surface area contributed by atoms with Crippen LogP contribution in [0, 0.1) is 11.8 Å². The van der Waals surface area contributed by atoms with E-state index in [9.17, 15) is 9.59 Å². The van der Waals surface area contributed by atoms with Gasteiger partial charge in [-0.1, -0.05) is 6.92 Å². The fourth-order valence-corrected chi connectivity index (χ4v) is 2.92. The van der Waals surface area contributed by atoms with Gasteiger partial charge in [-0.3, -0.25) is 9.78 Å². The maximum absolute atomic E-state index is 12.3. The molecule has 6 heteroatoms. The number of carboxylic acid groups (broad SMARTS) is 1. The Balaban J connectivity index is 1.89. The molecule has 6 nitrogen and oxygen atoms in total. The lowest BCUT2D eigenvalue weighted by atomic mass is 9.91. The molecule has 2 amide bonds. The summed E-state index contributed by atoms with van der Waals surface area (Å²) < 4.78 is 0. The number of carbonyl (C=O) groups is 2. The van der Waals surface area contributed by atoms with Crippen LogP contribution in [-0.2, 0) is 11.2 Å². The van der Waals surface area contributed by atoms with Gasteiger partial charge in [-0.2, -0.15) is 0 Å². The fraction of sp³-hybridized carbons (Fsp3) is 0.562. The third-order valence-electron chi connectivity index (χ3n) is 3.96. The Labute approximate surface area is 130 Å². The zero-order valence-corrected chi connectivity index (χ0v) is 13.0. The van der Waals surface area contributed by atoms with Crippen molar-refractivity contribution in [2.24, 2.45) is 11.8 Å². The molecule has 22 heavy (non-hydrogen) atoms. The van der Waals surface area contributed by atoms with E-state index in [1.54, 1.807) is 17.3 Å². The summed E-state index contributed by atoms with van der Waals surface area (Å²) in [6, 6.07) is 3.65. The summed E-state index contributed by atoms with van der Waals surface area (Å²) in [6.45, 7) is 4.82. The zero-order valence-electron chi connectivity index (χ0n) is 13.0. The van der Waals surface area contributed by atoms with Crippen LogP contribution < -0.4 is 5.32 Å². The zero-order chi connectivity index (χ0) is 16.1. The number of hydrogen-bond acceptors (Lipinski definition) is 3. The van der Waals surface area contributed by atoms with Gasteiger partial charge < -0.3 is 15.3 Å². The first-order valence-corrected chi connectivity index (χ1v) is 7.63. The number of amides is 2. The minimum atomic E-state index is -0.825. The lowest BCUT2D eigenvalue weighted by Crippen LogP contribution is -2.51. The van der Waals surface area contributed by atoms with Gasteiger partial charge in [-0.15, -0.1) is 0 Å². The second-order valence-corrected chi connectivity index (χ2v) is 6.19. The maximum atomic E-state index is 12.3. The van der Waals surface area contributed by atoms with Gasteiger partial charge >= 0.3 is 12.0 Å². The Bertz CT molecular complexity index is 521. The van der Waals surface area contributed by atoms with Gasteiger partial charge in [0.15, 0.2) is 0 Å². The van der Waals surface area contributed by atoms with E-state index in [0.717, 1.165) is 12.0 Å². The molecule has 0 saturated carbocycles. The molecule has 1 aliphatic heterocycles. The number of likely N-dealkylation sites (tertiary alicyclic amines) is 1. The van der Waals surface area contributed by atoms with Crippen LogP contribution >= 0.6 is 0 Å². The summed E-state index contributed by atoms with van der Waals surface area (Å²) in [7, 11) is 0. The van der Waals surface area contributed by atoms with E-state index >= 15 is 0 Å². The second kappa shape index (κ2) is 7.24. The normalized spacial score (nSPS) is 22.9. The highest BCUT2D eigenvalue weighted by molar-refractivity contribution is 5.76. The van der Waals surface area contributed by atoms with E-state index in [4.69, 9.17) is 5.11 Å². The first-order valence-electron chi connectivity index (χ1n) is 7.63. The van der Waals surface area contributed by atoms with Gasteiger partial charge in [0.1, 0.15) is 0 Å². The molecule has 3 unspecified atom stereocenters. The summed E-state index contributed by atoms with van der Waals surface area (Å²) >= 11 is 0. The number of pyridine rings is 1. The number of aromatic nitrogens is 1. The lowest BCUT2D eigenvalue weighted by Gasteiger charge is -2.35. The van der Waals surface area contributed by atoms with Crippen molar-refractivity contribution >= 4 is 12.0 Å². The van der Waals surface area contributed by atoms with Crippen molar-refractivity contribution in [1.82, 2.24) is 15.2 Å². The molecule has 2 N–H and O–H groups in total. The highest BCUT2D eigenvalue weighted by Gasteiger charge is 2.32. The van der Waals surface area contributed by atoms with Crippen molar-refractivity contribution in [1.29, 1.82) is 0 Å². The molecule has 3 atom stereocenters. The highest BCUT2D eigenvalue weighted by Crippen LogP contribution is 2.21. The lowest BCUT2D eigenvalue weighted by molar-refractivity contribution is -0.143. The van der Waals surface area contributed by atoms with Gasteiger partial charge in [-0.05, 0) is 43.4 Å². The average molecular weight is 305 g/mol. The van der Waals surface area contributed by atoms with E-state index < -0.39 is 11.9 Å². The largest absolute Gasteiger partial charge is 0.481 e. The van der Waals surface area contributed by atoms with Crippen molar-refractivity contribution < 1.29 is 14.7 Å². The third-order valence-corrected chi connectivity index (χ3v) is 3.96. The van der Waals surface area contributed by atoms with Gasteiger partial charge in [0.25, 0.3) is 0 Å². The standard InChI is InChI=1S/C16H23N3O3/c1-11-7-14(15(20)21)10-19(9-11)16(22)18-12(2)8-13-3-5-17-6-4-13/h3-6,11-12,14H,7-10H2,1-2H3,(H,18,22)(H,20,21). The van der Waals surface area contributed by atoms with Gasteiger partial charge in [0, 0.05) is 31.5 Å². The molecule has 1 aliphatic rings. The van der Waals surface area contributed by atoms with Crippen LogP contribution in [0.15, 0.2) is 24.5 Å². The summed E-state index contributed by atoms with van der Waals surface area (Å²) in [4.78, 5) is 29.1. The molecule has 0 spiro atoms. The van der Waals surface area contributed by atoms with Crippen molar-refractivity contribution in [2.75, 3.05) is 13.1 Å². The molecular formula is C16H23N3O3. The molecule has 2 rings (SSSR count). The third kappa shape index (κ3) is 4.44. The van der Waals surface area contributed by atoms with Crippen molar-refractivity contribution in [3.8, 4) is 0 Å². The van der Waals surface area contributed by atoms with E-state index in [1.165, 1.54) is 0 Å². The predicted octanol–water partition coefficient (Wildman–Crippen LogP) is 1.76. The number of aliphatic carboxylic acids is 1. The molecule has 1 aromatic rings. The van der Waals surface area contributed by atoms with E-state index in [-0.39, 0.29) is 24.5 Å². The number of urea groups is 1. The fourth-order valence-electron chi connectivity index (χ4n) is 2.92. The SMILES string of the molecule is CC1CC(C(=O)O)CN(C(=O)NC(C)Cc2ccncc2)C1. The van der Waals surface area contributed by atoms with Crippen LogP contribution in [0.4, 0.5) is 4.79 Å². The van der Waals surface area contributed by atoms with Crippen molar-refractivity contribution in [3.05, 3.63) is 30.1 Å². The number of hydrogen-bond donors (Lipinski definition) is 2. The first-order chi connectivity index (χ1) is 10.5. The van der Waals surface area contributed by atoms with Crippen LogP contribution in [0.5, 0.6) is 0 Å². The first kappa shape index (κ1) is 16.3. The Morgan fingerprint density at radius 3 is 2.73 bits per heavy atom. The van der Waals surface area contributed by atoms with Crippen LogP contribution in [-0.4, -0.2) is 46.1 Å². The molecule has 0 radical (unpaired) electrons. The average Bonchev–Trinajstić information content (AvgIpc) is 2.47. The smallest absolute Gasteiger partial charge is 0.317 e. The minimum absolute atomic E-state index is 0.0181. The van der Waals surface area contributed by atoms with Crippen LogP contribution in [0.1, 0.15) is 25.8 Å². The van der Waals surface area contributed by atoms with E-state index in [0.29, 0.717) is 13.0 Å². The van der Waals surface area contributed by atoms with Crippen molar-refractivity contribution in [3.63, 3.8) is 0 Å². The molecule has 1 saturated heterocycles. The number of carboxylic acids is 1. The molecule has 0 bridgehead atoms. The number of nitrogens with one attached hydrogen (secondary N) is 1. The molecular weight excluding hydrogens is 282 g/mol. The van der Waals surface area contributed by atoms with Gasteiger partial charge in [-0.25, -0.2) is 4.79 Å². The molecule has 1 fully saturated rings. The summed E-state index contributed by atoms with van der Waals surface area (Å²) in [5, 5.41) is 12.1. The maximum Gasteiger partial charge on any atom is 0.317 e. The van der Waals surface area contributed by atoms with Crippen molar-refractivity contribution in [2.45, 2.75) is 32.7 Å². The molecule has 2 heterocycles. The van der Waals surface area contributed by atoms with E-state index in [2.05, 4.69) is 10.3 Å². The molecule has 0 aromatic carbocycles. The molecule has 0 aliphatic carbocycles. The Kier molecular flexibility index (Phi) is 5.35. The Morgan fingerprint density at radius 1 is 1.41 bits per heavy atom. The van der Waals surface area contributed by atoms with Gasteiger partial charge in [0.2, 0.25) is 0 Å². The quantitative estimate of drug-likeness (QED) is 0.888. The second-order valence-electron chi connectivity index (χ2n) is 6.19. The van der Waals surface area contributed by atoms with Crippen LogP contribution in [0.3, 0.4) is 0 Å². The minimum Gasteiger partial charge on any atom is -0.481 e. The van der Waals surface area contributed by atoms with Gasteiger partial charge in [0.05, 0.1) is 5.92 Å². The Morgan fingerprint density at radius 2 is 2.09 bits per heavy atom. The molecule has 120 valence electrons. The highest BCUT2D eigenvalue weighted by atomic mass is 16.4. The predicted molar refractivity (Wildman–Crippen MR) is 82.4 cm³/mol. The number of nitrogens with zero attached hydrogens (tertiary/aromatic N) is 2. The number of piperidine rings is 1. The topological polar surface area (TPSA) is 82.5 Å². The Hall–Kier alpha value is -2.11. The van der Waals surface area contributed by atoms with Crippen LogP contribution in [0.2, 0.25) is 0 Å². The number of rotatable bonds is 4. The number of carbonyl (C=O) groups excluding carboxylic acids is 1. The monoisotopic (exact) mass is 305 g/mol. The summed E-state index contributed by atoms with van der Waals surface area (Å²) in [5.74, 6) is -1.09. The summed E-state index contributed by atoms with van der Waals surface area (Å²) in [5.41, 5.74) is 1.11.